The lowest BCUT2D eigenvalue weighted by Gasteiger charge is -2.31. The number of thioether (sulfide) groups is 1. The number of hydrogen-bond donors (Lipinski definition) is 1. The maximum absolute atomic E-state index is 12.4. The van der Waals surface area contributed by atoms with Crippen molar-refractivity contribution < 1.29 is 9.53 Å². The lowest BCUT2D eigenvalue weighted by Crippen LogP contribution is -2.49. The van der Waals surface area contributed by atoms with E-state index in [0.29, 0.717) is 5.16 Å². The van der Waals surface area contributed by atoms with Crippen LogP contribution in [0.2, 0.25) is 0 Å². The Bertz CT molecular complexity index is 835. The minimum absolute atomic E-state index is 0.141. The molecule has 7 nitrogen and oxygen atoms in total. The van der Waals surface area contributed by atoms with Gasteiger partial charge in [0.05, 0.1) is 18.9 Å². The lowest BCUT2D eigenvalue weighted by molar-refractivity contribution is -0.120. The highest BCUT2D eigenvalue weighted by Gasteiger charge is 2.33. The molecule has 0 saturated heterocycles. The first-order valence-corrected chi connectivity index (χ1v) is 9.94. The van der Waals surface area contributed by atoms with Crippen molar-refractivity contribution in [1.29, 1.82) is 5.26 Å². The summed E-state index contributed by atoms with van der Waals surface area (Å²) in [6, 6.07) is 9.89. The van der Waals surface area contributed by atoms with Crippen LogP contribution >= 0.6 is 11.8 Å². The largest absolute Gasteiger partial charge is 0.497 e. The van der Waals surface area contributed by atoms with Crippen molar-refractivity contribution >= 4 is 17.7 Å². The summed E-state index contributed by atoms with van der Waals surface area (Å²) in [5.41, 5.74) is 0.220. The number of rotatable bonds is 6. The molecule has 1 aromatic heterocycles. The summed E-state index contributed by atoms with van der Waals surface area (Å²) in [5, 5.41) is 21.5. The second-order valence-corrected chi connectivity index (χ2v) is 7.63. The molecule has 142 valence electrons. The van der Waals surface area contributed by atoms with E-state index < -0.39 is 5.54 Å². The third-order valence-corrected chi connectivity index (χ3v) is 5.84. The number of methoxy groups -OCH3 is 1. The number of nitrogens with zero attached hydrogens (tertiary/aromatic N) is 4. The number of aromatic nitrogens is 3. The molecule has 8 heteroatoms. The van der Waals surface area contributed by atoms with Crippen molar-refractivity contribution in [3.63, 3.8) is 0 Å². The van der Waals surface area contributed by atoms with Gasteiger partial charge in [-0.25, -0.2) is 0 Å². The molecule has 27 heavy (non-hydrogen) atoms. The number of amides is 1. The molecule has 1 aromatic carbocycles. The standard InChI is InChI=1S/C19H23N5O2S/c1-24-17(14-6-8-15(26-2)9-7-14)22-23-18(24)27-12-16(25)21-19(13-20)10-4-3-5-11-19/h6-9H,3-5,10-12H2,1-2H3,(H,21,25). The van der Waals surface area contributed by atoms with E-state index in [1.165, 1.54) is 11.8 Å². The molecule has 3 rings (SSSR count). The number of carbonyl (C=O) groups excluding carboxylic acids is 1. The van der Waals surface area contributed by atoms with Crippen molar-refractivity contribution in [2.24, 2.45) is 7.05 Å². The van der Waals surface area contributed by atoms with Crippen molar-refractivity contribution in [3.05, 3.63) is 24.3 Å². The number of nitrogens with one attached hydrogen (secondary N) is 1. The zero-order chi connectivity index (χ0) is 19.3. The second-order valence-electron chi connectivity index (χ2n) is 6.69. The molecule has 1 saturated carbocycles. The Morgan fingerprint density at radius 3 is 2.63 bits per heavy atom. The van der Waals surface area contributed by atoms with Gasteiger partial charge >= 0.3 is 0 Å². The molecular weight excluding hydrogens is 362 g/mol. The Morgan fingerprint density at radius 2 is 2.00 bits per heavy atom. The van der Waals surface area contributed by atoms with E-state index in [0.717, 1.165) is 49.2 Å². The lowest BCUT2D eigenvalue weighted by atomic mass is 9.83. The molecular formula is C19H23N5O2S. The first-order valence-electron chi connectivity index (χ1n) is 8.96. The third kappa shape index (κ3) is 4.42. The highest BCUT2D eigenvalue weighted by molar-refractivity contribution is 7.99. The van der Waals surface area contributed by atoms with Crippen molar-refractivity contribution in [2.45, 2.75) is 42.8 Å². The first-order chi connectivity index (χ1) is 13.1. The van der Waals surface area contributed by atoms with Crippen LogP contribution in [0, 0.1) is 11.3 Å². The van der Waals surface area contributed by atoms with Gasteiger partial charge in [-0.1, -0.05) is 31.0 Å². The number of carbonyl (C=O) groups is 1. The summed E-state index contributed by atoms with van der Waals surface area (Å²) >= 11 is 1.32. The number of nitriles is 1. The fraction of sp³-hybridized carbons (Fsp3) is 0.474. The maximum atomic E-state index is 12.4. The fourth-order valence-corrected chi connectivity index (χ4v) is 4.00. The van der Waals surface area contributed by atoms with Gasteiger partial charge in [-0.15, -0.1) is 10.2 Å². The van der Waals surface area contributed by atoms with E-state index in [9.17, 15) is 10.1 Å². The quantitative estimate of drug-likeness (QED) is 0.769. The monoisotopic (exact) mass is 385 g/mol. The summed E-state index contributed by atoms with van der Waals surface area (Å²) < 4.78 is 7.03. The normalized spacial score (nSPS) is 15.7. The zero-order valence-electron chi connectivity index (χ0n) is 15.6. The molecule has 0 bridgehead atoms. The zero-order valence-corrected chi connectivity index (χ0v) is 16.4. The third-order valence-electron chi connectivity index (χ3n) is 4.82. The summed E-state index contributed by atoms with van der Waals surface area (Å²) in [6.07, 6.45) is 4.54. The molecule has 0 radical (unpaired) electrons. The smallest absolute Gasteiger partial charge is 0.231 e. The van der Waals surface area contributed by atoms with Gasteiger partial charge in [0, 0.05) is 12.6 Å². The second kappa shape index (κ2) is 8.44. The maximum Gasteiger partial charge on any atom is 0.231 e. The topological polar surface area (TPSA) is 92.8 Å². The summed E-state index contributed by atoms with van der Waals surface area (Å²) in [6.45, 7) is 0. The molecule has 0 unspecified atom stereocenters. The van der Waals surface area contributed by atoms with Gasteiger partial charge in [0.1, 0.15) is 11.3 Å². The van der Waals surface area contributed by atoms with Crippen LogP contribution in [-0.4, -0.2) is 39.1 Å². The molecule has 1 amide bonds. The SMILES string of the molecule is COc1ccc(-c2nnc(SCC(=O)NC3(C#N)CCCCC3)n2C)cc1. The Hall–Kier alpha value is -2.53. The summed E-state index contributed by atoms with van der Waals surface area (Å²) in [7, 11) is 3.50. The molecule has 1 heterocycles. The van der Waals surface area contributed by atoms with Crippen LogP contribution in [0.1, 0.15) is 32.1 Å². The minimum Gasteiger partial charge on any atom is -0.497 e. The van der Waals surface area contributed by atoms with Crippen LogP contribution in [0.4, 0.5) is 0 Å². The van der Waals surface area contributed by atoms with E-state index in [1.54, 1.807) is 7.11 Å². The van der Waals surface area contributed by atoms with E-state index in [1.807, 2.05) is 35.9 Å². The van der Waals surface area contributed by atoms with Crippen molar-refractivity contribution in [2.75, 3.05) is 12.9 Å². The number of ether oxygens (including phenoxy) is 1. The molecule has 1 fully saturated rings. The molecule has 1 aliphatic carbocycles. The average molecular weight is 385 g/mol. The molecule has 0 spiro atoms. The fourth-order valence-electron chi connectivity index (χ4n) is 3.29. The van der Waals surface area contributed by atoms with Crippen LogP contribution in [0.5, 0.6) is 5.75 Å². The van der Waals surface area contributed by atoms with Gasteiger partial charge in [-0.2, -0.15) is 5.26 Å². The highest BCUT2D eigenvalue weighted by atomic mass is 32.2. The Morgan fingerprint density at radius 1 is 1.30 bits per heavy atom. The molecule has 1 N–H and O–H groups in total. The van der Waals surface area contributed by atoms with E-state index >= 15 is 0 Å². The van der Waals surface area contributed by atoms with Gasteiger partial charge in [-0.05, 0) is 37.1 Å². The molecule has 1 aliphatic rings. The number of benzene rings is 1. The first kappa shape index (κ1) is 19.2. The van der Waals surface area contributed by atoms with E-state index in [4.69, 9.17) is 4.74 Å². The molecule has 0 aliphatic heterocycles. The highest BCUT2D eigenvalue weighted by Crippen LogP contribution is 2.28. The Kier molecular flexibility index (Phi) is 6.01. The van der Waals surface area contributed by atoms with Gasteiger partial charge in [0.2, 0.25) is 5.91 Å². The molecule has 2 aromatic rings. The minimum atomic E-state index is -0.704. The van der Waals surface area contributed by atoms with Crippen LogP contribution < -0.4 is 10.1 Å². The predicted octanol–water partition coefficient (Wildman–Crippen LogP) is 2.93. The van der Waals surface area contributed by atoms with E-state index in [2.05, 4.69) is 21.6 Å². The van der Waals surface area contributed by atoms with Crippen LogP contribution in [0.25, 0.3) is 11.4 Å². The molecule has 0 atom stereocenters. The van der Waals surface area contributed by atoms with Crippen LogP contribution in [-0.2, 0) is 11.8 Å². The summed E-state index contributed by atoms with van der Waals surface area (Å²) in [5.74, 6) is 1.57. The van der Waals surface area contributed by atoms with Gasteiger partial charge in [0.15, 0.2) is 11.0 Å². The van der Waals surface area contributed by atoms with Gasteiger partial charge in [-0.3, -0.25) is 4.79 Å². The van der Waals surface area contributed by atoms with Gasteiger partial charge < -0.3 is 14.6 Å². The summed E-state index contributed by atoms with van der Waals surface area (Å²) in [4.78, 5) is 12.4. The predicted molar refractivity (Wildman–Crippen MR) is 103 cm³/mol. The van der Waals surface area contributed by atoms with Crippen molar-refractivity contribution in [1.82, 2.24) is 20.1 Å². The van der Waals surface area contributed by atoms with E-state index in [-0.39, 0.29) is 11.7 Å². The van der Waals surface area contributed by atoms with Crippen LogP contribution in [0.3, 0.4) is 0 Å². The Balaban J connectivity index is 1.62. The van der Waals surface area contributed by atoms with Crippen LogP contribution in [0.15, 0.2) is 29.4 Å². The van der Waals surface area contributed by atoms with Crippen molar-refractivity contribution in [3.8, 4) is 23.2 Å². The average Bonchev–Trinajstić information content (AvgIpc) is 3.07. The number of hydrogen-bond acceptors (Lipinski definition) is 6. The Labute approximate surface area is 163 Å². The van der Waals surface area contributed by atoms with Gasteiger partial charge in [0.25, 0.3) is 0 Å².